The minimum Gasteiger partial charge on any atom is -0.462 e. The number of aryl methyl sites for hydroxylation is 1. The summed E-state index contributed by atoms with van der Waals surface area (Å²) in [5.41, 5.74) is 2.15. The van der Waals surface area contributed by atoms with Crippen LogP contribution in [0.4, 0.5) is 5.69 Å². The lowest BCUT2D eigenvalue weighted by Gasteiger charge is -2.01. The van der Waals surface area contributed by atoms with Crippen LogP contribution in [-0.4, -0.2) is 7.05 Å². The quantitative estimate of drug-likeness (QED) is 0.747. The number of hydrogen-bond acceptors (Lipinski definition) is 3. The maximum Gasteiger partial charge on any atom is 0.215 e. The number of nitrogens with one attached hydrogen (secondary N) is 1. The van der Waals surface area contributed by atoms with Crippen molar-refractivity contribution in [1.82, 2.24) is 0 Å². The van der Waals surface area contributed by atoms with E-state index in [1.807, 2.05) is 25.1 Å². The van der Waals surface area contributed by atoms with Crippen LogP contribution >= 0.6 is 0 Å². The van der Waals surface area contributed by atoms with E-state index in [4.69, 9.17) is 4.42 Å². The largest absolute Gasteiger partial charge is 0.462 e. The SMILES string of the molecule is CNc1coc2ccc(C)cc2c1=O. The highest BCUT2D eigenvalue weighted by Crippen LogP contribution is 2.14. The fourth-order valence-corrected chi connectivity index (χ4v) is 1.42. The van der Waals surface area contributed by atoms with Crippen molar-refractivity contribution in [1.29, 1.82) is 0 Å². The minimum atomic E-state index is -0.0162. The van der Waals surface area contributed by atoms with Gasteiger partial charge in [0.15, 0.2) is 0 Å². The molecule has 72 valence electrons. The smallest absolute Gasteiger partial charge is 0.215 e. The Hall–Kier alpha value is -1.77. The topological polar surface area (TPSA) is 42.2 Å². The van der Waals surface area contributed by atoms with E-state index in [0.29, 0.717) is 16.7 Å². The molecular weight excluding hydrogens is 178 g/mol. The summed E-state index contributed by atoms with van der Waals surface area (Å²) < 4.78 is 5.31. The molecule has 14 heavy (non-hydrogen) atoms. The van der Waals surface area contributed by atoms with Gasteiger partial charge in [-0.2, -0.15) is 0 Å². The highest BCUT2D eigenvalue weighted by molar-refractivity contribution is 5.79. The number of hydrogen-bond donors (Lipinski definition) is 1. The highest BCUT2D eigenvalue weighted by atomic mass is 16.3. The summed E-state index contributed by atoms with van der Waals surface area (Å²) >= 11 is 0. The molecule has 0 spiro atoms. The molecule has 0 saturated heterocycles. The predicted octanol–water partition coefficient (Wildman–Crippen LogP) is 2.14. The van der Waals surface area contributed by atoms with Crippen molar-refractivity contribution < 1.29 is 4.42 Å². The Bertz CT molecular complexity index is 528. The Labute approximate surface area is 81.4 Å². The third kappa shape index (κ3) is 1.27. The Balaban J connectivity index is 2.87. The summed E-state index contributed by atoms with van der Waals surface area (Å²) in [6, 6.07) is 5.57. The Morgan fingerprint density at radius 2 is 2.14 bits per heavy atom. The van der Waals surface area contributed by atoms with Crippen molar-refractivity contribution >= 4 is 16.7 Å². The molecule has 0 aliphatic rings. The fraction of sp³-hybridized carbons (Fsp3) is 0.182. The second kappa shape index (κ2) is 3.18. The molecule has 2 aromatic rings. The summed E-state index contributed by atoms with van der Waals surface area (Å²) in [5.74, 6) is 0. The van der Waals surface area contributed by atoms with Crippen LogP contribution in [0.25, 0.3) is 11.0 Å². The molecule has 0 aliphatic heterocycles. The molecule has 0 bridgehead atoms. The molecule has 0 atom stereocenters. The third-order valence-electron chi connectivity index (χ3n) is 2.20. The normalized spacial score (nSPS) is 10.4. The van der Waals surface area contributed by atoms with Crippen LogP contribution in [0.15, 0.2) is 33.7 Å². The lowest BCUT2D eigenvalue weighted by molar-refractivity contribution is 0.604. The third-order valence-corrected chi connectivity index (χ3v) is 2.20. The Morgan fingerprint density at radius 1 is 1.36 bits per heavy atom. The number of rotatable bonds is 1. The standard InChI is InChI=1S/C11H11NO2/c1-7-3-4-10-8(5-7)11(13)9(12-2)6-14-10/h3-6,12H,1-2H3. The van der Waals surface area contributed by atoms with Gasteiger partial charge in [-0.15, -0.1) is 0 Å². The van der Waals surface area contributed by atoms with Gasteiger partial charge in [0.1, 0.15) is 17.5 Å². The van der Waals surface area contributed by atoms with Gasteiger partial charge in [-0.1, -0.05) is 11.6 Å². The molecule has 3 heteroatoms. The summed E-state index contributed by atoms with van der Waals surface area (Å²) in [6.07, 6.45) is 1.44. The van der Waals surface area contributed by atoms with Gasteiger partial charge >= 0.3 is 0 Å². The molecule has 0 unspecified atom stereocenters. The van der Waals surface area contributed by atoms with Gasteiger partial charge in [-0.25, -0.2) is 0 Å². The van der Waals surface area contributed by atoms with Gasteiger partial charge in [-0.3, -0.25) is 4.79 Å². The summed E-state index contributed by atoms with van der Waals surface area (Å²) in [5, 5.41) is 3.42. The maximum absolute atomic E-state index is 11.8. The van der Waals surface area contributed by atoms with Gasteiger partial charge in [0.05, 0.1) is 5.39 Å². The van der Waals surface area contributed by atoms with Crippen LogP contribution in [0.2, 0.25) is 0 Å². The van der Waals surface area contributed by atoms with E-state index in [1.165, 1.54) is 6.26 Å². The maximum atomic E-state index is 11.8. The van der Waals surface area contributed by atoms with Crippen LogP contribution in [0, 0.1) is 6.92 Å². The average Bonchev–Trinajstić information content (AvgIpc) is 2.20. The van der Waals surface area contributed by atoms with Crippen molar-refractivity contribution in [3.63, 3.8) is 0 Å². The molecule has 3 nitrogen and oxygen atoms in total. The predicted molar refractivity (Wildman–Crippen MR) is 56.8 cm³/mol. The molecule has 0 radical (unpaired) electrons. The van der Waals surface area contributed by atoms with E-state index in [9.17, 15) is 4.79 Å². The van der Waals surface area contributed by atoms with E-state index in [0.717, 1.165) is 5.56 Å². The van der Waals surface area contributed by atoms with E-state index < -0.39 is 0 Å². The first-order valence-electron chi connectivity index (χ1n) is 4.42. The molecule has 0 fully saturated rings. The summed E-state index contributed by atoms with van der Waals surface area (Å²) in [7, 11) is 1.70. The monoisotopic (exact) mass is 189 g/mol. The lowest BCUT2D eigenvalue weighted by Crippen LogP contribution is -2.07. The van der Waals surface area contributed by atoms with Crippen molar-refractivity contribution in [2.24, 2.45) is 0 Å². The van der Waals surface area contributed by atoms with E-state index in [1.54, 1.807) is 7.05 Å². The van der Waals surface area contributed by atoms with Gasteiger partial charge in [0.2, 0.25) is 5.43 Å². The molecule has 0 aliphatic carbocycles. The second-order valence-corrected chi connectivity index (χ2v) is 3.23. The van der Waals surface area contributed by atoms with Gasteiger partial charge in [0.25, 0.3) is 0 Å². The fourth-order valence-electron chi connectivity index (χ4n) is 1.42. The Morgan fingerprint density at radius 3 is 2.86 bits per heavy atom. The van der Waals surface area contributed by atoms with E-state index in [-0.39, 0.29) is 5.43 Å². The van der Waals surface area contributed by atoms with Crippen molar-refractivity contribution in [2.45, 2.75) is 6.92 Å². The summed E-state index contributed by atoms with van der Waals surface area (Å²) in [6.45, 7) is 1.95. The zero-order valence-corrected chi connectivity index (χ0v) is 8.13. The number of benzene rings is 1. The molecule has 2 rings (SSSR count). The first-order chi connectivity index (χ1) is 6.72. The Kier molecular flexibility index (Phi) is 2.00. The van der Waals surface area contributed by atoms with E-state index in [2.05, 4.69) is 5.32 Å². The minimum absolute atomic E-state index is 0.0162. The molecule has 1 aromatic heterocycles. The number of anilines is 1. The highest BCUT2D eigenvalue weighted by Gasteiger charge is 2.04. The molecule has 1 aromatic carbocycles. The first-order valence-corrected chi connectivity index (χ1v) is 4.42. The first kappa shape index (κ1) is 8.81. The van der Waals surface area contributed by atoms with Crippen LogP contribution in [-0.2, 0) is 0 Å². The van der Waals surface area contributed by atoms with Crippen LogP contribution < -0.4 is 10.7 Å². The van der Waals surface area contributed by atoms with Crippen LogP contribution in [0.3, 0.4) is 0 Å². The molecule has 0 amide bonds. The second-order valence-electron chi connectivity index (χ2n) is 3.23. The molecule has 0 saturated carbocycles. The van der Waals surface area contributed by atoms with Gasteiger partial charge in [0, 0.05) is 7.05 Å². The molecular formula is C11H11NO2. The molecule has 1 heterocycles. The van der Waals surface area contributed by atoms with Crippen molar-refractivity contribution in [2.75, 3.05) is 12.4 Å². The number of fused-ring (bicyclic) bond motifs is 1. The van der Waals surface area contributed by atoms with Crippen LogP contribution in [0.1, 0.15) is 5.56 Å². The average molecular weight is 189 g/mol. The zero-order valence-electron chi connectivity index (χ0n) is 8.13. The molecule has 1 N–H and O–H groups in total. The van der Waals surface area contributed by atoms with Crippen molar-refractivity contribution in [3.8, 4) is 0 Å². The van der Waals surface area contributed by atoms with Crippen molar-refractivity contribution in [3.05, 3.63) is 40.2 Å². The van der Waals surface area contributed by atoms with Gasteiger partial charge < -0.3 is 9.73 Å². The summed E-state index contributed by atoms with van der Waals surface area (Å²) in [4.78, 5) is 11.8. The van der Waals surface area contributed by atoms with Gasteiger partial charge in [-0.05, 0) is 19.1 Å². The van der Waals surface area contributed by atoms with Crippen LogP contribution in [0.5, 0.6) is 0 Å². The zero-order chi connectivity index (χ0) is 10.1. The van der Waals surface area contributed by atoms with E-state index >= 15 is 0 Å². The lowest BCUT2D eigenvalue weighted by atomic mass is 10.1.